The van der Waals surface area contributed by atoms with Crippen LogP contribution in [0.15, 0.2) is 18.2 Å². The van der Waals surface area contributed by atoms with Gasteiger partial charge >= 0.3 is 0 Å². The summed E-state index contributed by atoms with van der Waals surface area (Å²) in [6.07, 6.45) is 1.05. The Morgan fingerprint density at radius 1 is 1.00 bits per heavy atom. The Labute approximate surface area is 112 Å². The summed E-state index contributed by atoms with van der Waals surface area (Å²) in [6.45, 7) is 13.8. The monoisotopic (exact) mass is 252 g/mol. The zero-order valence-corrected chi connectivity index (χ0v) is 12.7. The molecule has 104 valence electrons. The van der Waals surface area contributed by atoms with Gasteiger partial charge in [0.1, 0.15) is 13.2 Å². The fraction of sp³-hybridized carbons (Fsp3) is 0.625. The van der Waals surface area contributed by atoms with E-state index in [1.807, 2.05) is 39.8 Å². The van der Waals surface area contributed by atoms with Crippen LogP contribution in [0.1, 0.15) is 47.1 Å². The third kappa shape index (κ3) is 4.99. The highest BCUT2D eigenvalue weighted by Crippen LogP contribution is 2.34. The fourth-order valence-electron chi connectivity index (χ4n) is 1.73. The van der Waals surface area contributed by atoms with Gasteiger partial charge in [-0.2, -0.15) is 0 Å². The van der Waals surface area contributed by atoms with Crippen molar-refractivity contribution in [3.8, 4) is 11.5 Å². The average Bonchev–Trinajstić information content (AvgIpc) is 2.43. The summed E-state index contributed by atoms with van der Waals surface area (Å²) in [5.74, 6) is 2.49. The number of rotatable bonds is 2. The highest BCUT2D eigenvalue weighted by Gasteiger charge is 2.15. The molecule has 1 aliphatic heterocycles. The van der Waals surface area contributed by atoms with Crippen molar-refractivity contribution in [1.29, 1.82) is 0 Å². The molecule has 1 aliphatic rings. The van der Waals surface area contributed by atoms with Gasteiger partial charge in [0, 0.05) is 0 Å². The molecule has 2 nitrogen and oxygen atoms in total. The minimum absolute atomic E-state index is 0.645. The second-order valence-electron chi connectivity index (χ2n) is 4.04. The lowest BCUT2D eigenvalue weighted by Gasteiger charge is -2.21. The lowest BCUT2D eigenvalue weighted by Crippen LogP contribution is -2.16. The molecule has 0 radical (unpaired) electrons. The van der Waals surface area contributed by atoms with Crippen molar-refractivity contribution >= 4 is 0 Å². The lowest BCUT2D eigenvalue weighted by atomic mass is 10.0. The smallest absolute Gasteiger partial charge is 0.164 e. The SMILES string of the molecule is CC.CC.CC(C)Cc1cccc2c1OCCO2. The molecule has 1 aromatic carbocycles. The molecule has 0 amide bonds. The van der Waals surface area contributed by atoms with Crippen LogP contribution in [0.3, 0.4) is 0 Å². The normalized spacial score (nSPS) is 11.9. The first-order chi connectivity index (χ1) is 8.77. The zero-order valence-electron chi connectivity index (χ0n) is 12.7. The maximum absolute atomic E-state index is 5.63. The average molecular weight is 252 g/mol. The van der Waals surface area contributed by atoms with Crippen LogP contribution in [0.4, 0.5) is 0 Å². The van der Waals surface area contributed by atoms with Gasteiger partial charge in [-0.3, -0.25) is 0 Å². The molecule has 1 heterocycles. The maximum atomic E-state index is 5.63. The fourth-order valence-corrected chi connectivity index (χ4v) is 1.73. The number of benzene rings is 1. The van der Waals surface area contributed by atoms with Crippen LogP contribution in [0, 0.1) is 5.92 Å². The Bertz CT molecular complexity index is 319. The van der Waals surface area contributed by atoms with E-state index in [4.69, 9.17) is 9.47 Å². The molecular weight excluding hydrogens is 224 g/mol. The van der Waals surface area contributed by atoms with E-state index in [0.717, 1.165) is 17.9 Å². The summed E-state index contributed by atoms with van der Waals surface area (Å²) in [5.41, 5.74) is 1.26. The van der Waals surface area contributed by atoms with Crippen molar-refractivity contribution in [1.82, 2.24) is 0 Å². The van der Waals surface area contributed by atoms with E-state index in [2.05, 4.69) is 19.9 Å². The Hall–Kier alpha value is -1.18. The first-order valence-corrected chi connectivity index (χ1v) is 7.15. The minimum Gasteiger partial charge on any atom is -0.486 e. The van der Waals surface area contributed by atoms with E-state index >= 15 is 0 Å². The summed E-state index contributed by atoms with van der Waals surface area (Å²) in [7, 11) is 0. The van der Waals surface area contributed by atoms with Crippen molar-refractivity contribution in [2.45, 2.75) is 48.0 Å². The molecule has 0 aliphatic carbocycles. The highest BCUT2D eigenvalue weighted by atomic mass is 16.6. The van der Waals surface area contributed by atoms with E-state index in [-0.39, 0.29) is 0 Å². The van der Waals surface area contributed by atoms with Crippen molar-refractivity contribution in [3.63, 3.8) is 0 Å². The van der Waals surface area contributed by atoms with Gasteiger partial charge in [-0.15, -0.1) is 0 Å². The van der Waals surface area contributed by atoms with Gasteiger partial charge in [0.15, 0.2) is 11.5 Å². The van der Waals surface area contributed by atoms with Crippen molar-refractivity contribution < 1.29 is 9.47 Å². The topological polar surface area (TPSA) is 18.5 Å². The first-order valence-electron chi connectivity index (χ1n) is 7.15. The Morgan fingerprint density at radius 3 is 2.22 bits per heavy atom. The van der Waals surface area contributed by atoms with Crippen molar-refractivity contribution in [3.05, 3.63) is 23.8 Å². The molecule has 1 aromatic rings. The Balaban J connectivity index is 0.000000659. The molecule has 0 bridgehead atoms. The van der Waals surface area contributed by atoms with E-state index in [9.17, 15) is 0 Å². The summed E-state index contributed by atoms with van der Waals surface area (Å²) >= 11 is 0. The van der Waals surface area contributed by atoms with Gasteiger partial charge in [-0.05, 0) is 24.0 Å². The number of hydrogen-bond donors (Lipinski definition) is 0. The van der Waals surface area contributed by atoms with Crippen LogP contribution in [-0.4, -0.2) is 13.2 Å². The molecular formula is C16H28O2. The minimum atomic E-state index is 0.645. The summed E-state index contributed by atoms with van der Waals surface area (Å²) in [4.78, 5) is 0. The Kier molecular flexibility index (Phi) is 9.17. The molecule has 0 saturated carbocycles. The second-order valence-corrected chi connectivity index (χ2v) is 4.04. The predicted molar refractivity (Wildman–Crippen MR) is 78.7 cm³/mol. The molecule has 2 heteroatoms. The molecule has 0 N–H and O–H groups in total. The second kappa shape index (κ2) is 9.81. The third-order valence-electron chi connectivity index (χ3n) is 2.28. The molecule has 0 saturated heterocycles. The molecule has 0 unspecified atom stereocenters. The van der Waals surface area contributed by atoms with Crippen LogP contribution in [0.2, 0.25) is 0 Å². The summed E-state index contributed by atoms with van der Waals surface area (Å²) in [5, 5.41) is 0. The third-order valence-corrected chi connectivity index (χ3v) is 2.28. The predicted octanol–water partition coefficient (Wildman–Crippen LogP) is 4.71. The summed E-state index contributed by atoms with van der Waals surface area (Å²) < 4.78 is 11.2. The van der Waals surface area contributed by atoms with E-state index in [1.165, 1.54) is 5.56 Å². The number of hydrogen-bond acceptors (Lipinski definition) is 2. The maximum Gasteiger partial charge on any atom is 0.164 e. The highest BCUT2D eigenvalue weighted by molar-refractivity contribution is 5.47. The number of ether oxygens (including phenoxy) is 2. The quantitative estimate of drug-likeness (QED) is 0.759. The van der Waals surface area contributed by atoms with Gasteiger partial charge in [0.05, 0.1) is 0 Å². The number of fused-ring (bicyclic) bond motifs is 1. The Morgan fingerprint density at radius 2 is 1.61 bits per heavy atom. The zero-order chi connectivity index (χ0) is 14.0. The number of para-hydroxylation sites is 1. The van der Waals surface area contributed by atoms with Crippen LogP contribution in [0.25, 0.3) is 0 Å². The molecule has 0 spiro atoms. The van der Waals surface area contributed by atoms with Crippen LogP contribution in [0.5, 0.6) is 11.5 Å². The largest absolute Gasteiger partial charge is 0.486 e. The van der Waals surface area contributed by atoms with Gasteiger partial charge in [-0.25, -0.2) is 0 Å². The van der Waals surface area contributed by atoms with E-state index in [0.29, 0.717) is 19.1 Å². The molecule has 0 fully saturated rings. The standard InChI is InChI=1S/C12H16O2.2C2H6/c1-9(2)8-10-4-3-5-11-12(10)14-7-6-13-11;2*1-2/h3-5,9H,6-8H2,1-2H3;2*1-2H3. The molecule has 0 aromatic heterocycles. The van der Waals surface area contributed by atoms with Gasteiger partial charge in [0.25, 0.3) is 0 Å². The molecule has 2 rings (SSSR count). The summed E-state index contributed by atoms with van der Waals surface area (Å²) in [6, 6.07) is 6.12. The van der Waals surface area contributed by atoms with Crippen LogP contribution >= 0.6 is 0 Å². The van der Waals surface area contributed by atoms with E-state index < -0.39 is 0 Å². The van der Waals surface area contributed by atoms with Crippen LogP contribution < -0.4 is 9.47 Å². The first kappa shape index (κ1) is 16.8. The molecule has 18 heavy (non-hydrogen) atoms. The van der Waals surface area contributed by atoms with Gasteiger partial charge in [0.2, 0.25) is 0 Å². The van der Waals surface area contributed by atoms with Gasteiger partial charge < -0.3 is 9.47 Å². The van der Waals surface area contributed by atoms with Crippen molar-refractivity contribution in [2.24, 2.45) is 5.92 Å². The lowest BCUT2D eigenvalue weighted by molar-refractivity contribution is 0.169. The molecule has 0 atom stereocenters. The van der Waals surface area contributed by atoms with Crippen molar-refractivity contribution in [2.75, 3.05) is 13.2 Å². The van der Waals surface area contributed by atoms with Crippen LogP contribution in [-0.2, 0) is 6.42 Å². The van der Waals surface area contributed by atoms with Gasteiger partial charge in [-0.1, -0.05) is 53.7 Å². The van der Waals surface area contributed by atoms with E-state index in [1.54, 1.807) is 0 Å².